The van der Waals surface area contributed by atoms with E-state index in [4.69, 9.17) is 32.7 Å². The van der Waals surface area contributed by atoms with Crippen molar-refractivity contribution in [3.8, 4) is 11.5 Å². The highest BCUT2D eigenvalue weighted by Gasteiger charge is 2.13. The van der Waals surface area contributed by atoms with Crippen molar-refractivity contribution >= 4 is 57.2 Å². The fraction of sp³-hybridized carbons (Fsp3) is 0.125. The zero-order chi connectivity index (χ0) is 23.8. The van der Waals surface area contributed by atoms with Crippen LogP contribution in [0.1, 0.15) is 39.6 Å². The lowest BCUT2D eigenvalue weighted by molar-refractivity contribution is 0.0734. The van der Waals surface area contributed by atoms with E-state index in [1.54, 1.807) is 48.5 Å². The van der Waals surface area contributed by atoms with Crippen LogP contribution in [0.25, 0.3) is 0 Å². The van der Waals surface area contributed by atoms with Crippen molar-refractivity contribution < 1.29 is 19.1 Å². The van der Waals surface area contributed by atoms with E-state index >= 15 is 0 Å². The molecular formula is C24H19BrCl2N2O4. The molecule has 0 spiro atoms. The third-order valence-electron chi connectivity index (χ3n) is 4.28. The summed E-state index contributed by atoms with van der Waals surface area (Å²) in [5.74, 6) is -0.0868. The number of carbonyl (C=O) groups is 2. The van der Waals surface area contributed by atoms with Gasteiger partial charge in [-0.3, -0.25) is 4.79 Å². The van der Waals surface area contributed by atoms with E-state index in [1.165, 1.54) is 18.3 Å². The van der Waals surface area contributed by atoms with Gasteiger partial charge >= 0.3 is 5.97 Å². The van der Waals surface area contributed by atoms with Crippen molar-refractivity contribution in [2.75, 3.05) is 6.61 Å². The van der Waals surface area contributed by atoms with Gasteiger partial charge in [0.2, 0.25) is 0 Å². The molecule has 0 aromatic heterocycles. The van der Waals surface area contributed by atoms with Crippen LogP contribution in [0.5, 0.6) is 11.5 Å². The molecule has 1 amide bonds. The van der Waals surface area contributed by atoms with Crippen LogP contribution >= 0.6 is 39.1 Å². The van der Waals surface area contributed by atoms with Gasteiger partial charge in [-0.1, -0.05) is 46.1 Å². The van der Waals surface area contributed by atoms with E-state index in [0.29, 0.717) is 28.5 Å². The Bertz CT molecular complexity index is 1180. The normalized spacial score (nSPS) is 10.8. The summed E-state index contributed by atoms with van der Waals surface area (Å²) in [5.41, 5.74) is 3.47. The van der Waals surface area contributed by atoms with Gasteiger partial charge in [-0.25, -0.2) is 10.2 Å². The maximum atomic E-state index is 12.6. The van der Waals surface area contributed by atoms with Gasteiger partial charge < -0.3 is 9.47 Å². The van der Waals surface area contributed by atoms with Crippen molar-refractivity contribution in [3.05, 3.63) is 91.9 Å². The molecule has 33 heavy (non-hydrogen) atoms. The molecule has 3 aromatic carbocycles. The Kier molecular flexibility index (Phi) is 8.88. The van der Waals surface area contributed by atoms with Crippen LogP contribution in [-0.4, -0.2) is 24.7 Å². The number of rotatable bonds is 8. The molecule has 0 fully saturated rings. The van der Waals surface area contributed by atoms with Crippen LogP contribution in [0.4, 0.5) is 0 Å². The summed E-state index contributed by atoms with van der Waals surface area (Å²) in [7, 11) is 0. The van der Waals surface area contributed by atoms with Crippen molar-refractivity contribution in [1.29, 1.82) is 0 Å². The van der Waals surface area contributed by atoms with Gasteiger partial charge in [0, 0.05) is 15.1 Å². The molecule has 0 aliphatic carbocycles. The zero-order valence-corrected chi connectivity index (χ0v) is 20.6. The van der Waals surface area contributed by atoms with Crippen molar-refractivity contribution in [2.24, 2.45) is 5.10 Å². The molecule has 1 N–H and O–H groups in total. The van der Waals surface area contributed by atoms with Crippen molar-refractivity contribution in [1.82, 2.24) is 5.43 Å². The summed E-state index contributed by atoms with van der Waals surface area (Å²) in [4.78, 5) is 24.9. The van der Waals surface area contributed by atoms with Crippen molar-refractivity contribution in [3.63, 3.8) is 0 Å². The third kappa shape index (κ3) is 7.05. The highest BCUT2D eigenvalue weighted by molar-refractivity contribution is 9.10. The fourth-order valence-corrected chi connectivity index (χ4v) is 3.55. The lowest BCUT2D eigenvalue weighted by atomic mass is 10.2. The van der Waals surface area contributed by atoms with Crippen LogP contribution < -0.4 is 14.9 Å². The first-order chi connectivity index (χ1) is 15.9. The average molecular weight is 550 g/mol. The molecule has 0 radical (unpaired) electrons. The number of hydrogen-bond acceptors (Lipinski definition) is 5. The number of nitrogens with one attached hydrogen (secondary N) is 1. The molecule has 0 saturated carbocycles. The highest BCUT2D eigenvalue weighted by atomic mass is 79.9. The molecule has 0 bridgehead atoms. The van der Waals surface area contributed by atoms with Crippen LogP contribution in [0.2, 0.25) is 10.0 Å². The van der Waals surface area contributed by atoms with E-state index in [-0.39, 0.29) is 16.3 Å². The van der Waals surface area contributed by atoms with Crippen molar-refractivity contribution in [2.45, 2.75) is 13.3 Å². The Morgan fingerprint density at radius 2 is 1.82 bits per heavy atom. The van der Waals surface area contributed by atoms with E-state index in [1.807, 2.05) is 6.92 Å². The van der Waals surface area contributed by atoms with E-state index in [2.05, 4.69) is 26.5 Å². The number of nitrogens with zero attached hydrogens (tertiary/aromatic N) is 1. The standard InChI is InChI=1S/C24H19BrCl2N2O4/c1-2-11-32-19-7-3-15(4-8-19)24(31)33-22-10-5-17(25)12-16(22)14-28-29-23(30)20-9-6-18(26)13-21(20)27/h3-10,12-14H,2,11H2,1H3,(H,29,30)/b28-14-. The predicted molar refractivity (Wildman–Crippen MR) is 133 cm³/mol. The lowest BCUT2D eigenvalue weighted by Gasteiger charge is -2.09. The van der Waals surface area contributed by atoms with Crippen LogP contribution in [0.3, 0.4) is 0 Å². The topological polar surface area (TPSA) is 77.0 Å². The van der Waals surface area contributed by atoms with Crippen LogP contribution in [-0.2, 0) is 0 Å². The number of hydrogen-bond donors (Lipinski definition) is 1. The second-order valence-electron chi connectivity index (χ2n) is 6.77. The number of halogens is 3. The molecule has 0 heterocycles. The van der Waals surface area contributed by atoms with E-state index < -0.39 is 11.9 Å². The maximum Gasteiger partial charge on any atom is 0.343 e. The number of ether oxygens (including phenoxy) is 2. The Hall–Kier alpha value is -2.87. The van der Waals surface area contributed by atoms with Gasteiger partial charge in [0.25, 0.3) is 5.91 Å². The molecule has 3 rings (SSSR count). The van der Waals surface area contributed by atoms with Crippen LogP contribution in [0.15, 0.2) is 70.2 Å². The van der Waals surface area contributed by atoms with Gasteiger partial charge in [-0.15, -0.1) is 0 Å². The molecule has 0 saturated heterocycles. The summed E-state index contributed by atoms with van der Waals surface area (Å²) in [6.45, 7) is 2.62. The van der Waals surface area contributed by atoms with Gasteiger partial charge in [0.1, 0.15) is 11.5 Å². The minimum Gasteiger partial charge on any atom is -0.494 e. The van der Waals surface area contributed by atoms with E-state index in [0.717, 1.165) is 10.9 Å². The quantitative estimate of drug-likeness (QED) is 0.150. The minimum absolute atomic E-state index is 0.207. The molecular weight excluding hydrogens is 531 g/mol. The summed E-state index contributed by atoms with van der Waals surface area (Å²) in [6.07, 6.45) is 2.27. The van der Waals surface area contributed by atoms with Crippen LogP contribution in [0, 0.1) is 0 Å². The highest BCUT2D eigenvalue weighted by Crippen LogP contribution is 2.24. The fourth-order valence-electron chi connectivity index (χ4n) is 2.67. The number of hydrazone groups is 1. The molecule has 6 nitrogen and oxygen atoms in total. The first-order valence-electron chi connectivity index (χ1n) is 9.90. The summed E-state index contributed by atoms with van der Waals surface area (Å²) >= 11 is 15.3. The Balaban J connectivity index is 1.70. The summed E-state index contributed by atoms with van der Waals surface area (Å²) < 4.78 is 11.8. The summed E-state index contributed by atoms with van der Waals surface area (Å²) in [5, 5.41) is 4.59. The number of amides is 1. The summed E-state index contributed by atoms with van der Waals surface area (Å²) in [6, 6.07) is 16.3. The van der Waals surface area contributed by atoms with Gasteiger partial charge in [-0.2, -0.15) is 5.10 Å². The second kappa shape index (κ2) is 11.8. The Labute approximate surface area is 209 Å². The van der Waals surface area contributed by atoms with Gasteiger partial charge in [-0.05, 0) is 67.1 Å². The zero-order valence-electron chi connectivity index (χ0n) is 17.5. The third-order valence-corrected chi connectivity index (χ3v) is 5.32. The number of benzene rings is 3. The molecule has 3 aromatic rings. The SMILES string of the molecule is CCCOc1ccc(C(=O)Oc2ccc(Br)cc2/C=N\NC(=O)c2ccc(Cl)cc2Cl)cc1. The molecule has 170 valence electrons. The average Bonchev–Trinajstić information content (AvgIpc) is 2.79. The first kappa shape index (κ1) is 24.8. The smallest absolute Gasteiger partial charge is 0.343 e. The van der Waals surface area contributed by atoms with Gasteiger partial charge in [0.05, 0.1) is 29.0 Å². The Morgan fingerprint density at radius 1 is 1.06 bits per heavy atom. The second-order valence-corrected chi connectivity index (χ2v) is 8.53. The lowest BCUT2D eigenvalue weighted by Crippen LogP contribution is -2.18. The van der Waals surface area contributed by atoms with Gasteiger partial charge in [0.15, 0.2) is 0 Å². The number of esters is 1. The molecule has 0 unspecified atom stereocenters. The monoisotopic (exact) mass is 548 g/mol. The Morgan fingerprint density at radius 3 is 2.52 bits per heavy atom. The molecule has 0 aliphatic rings. The first-order valence-corrected chi connectivity index (χ1v) is 11.5. The van der Waals surface area contributed by atoms with E-state index in [9.17, 15) is 9.59 Å². The maximum absolute atomic E-state index is 12.6. The largest absolute Gasteiger partial charge is 0.494 e. The minimum atomic E-state index is -0.536. The number of carbonyl (C=O) groups excluding carboxylic acids is 2. The molecule has 9 heteroatoms. The predicted octanol–water partition coefficient (Wildman–Crippen LogP) is 6.53. The molecule has 0 aliphatic heterocycles. The molecule has 0 atom stereocenters.